The molecule has 1 amide bonds. The number of carbonyl (C=O) groups is 3. The molecule has 3 rings (SSSR count). The average molecular weight is 415 g/mol. The van der Waals surface area contributed by atoms with Crippen molar-refractivity contribution < 1.29 is 19.1 Å². The van der Waals surface area contributed by atoms with Crippen LogP contribution in [0.25, 0.3) is 0 Å². The first kappa shape index (κ1) is 21.2. The molecule has 1 aromatic carbocycles. The molecule has 7 heteroatoms. The summed E-state index contributed by atoms with van der Waals surface area (Å²) in [5, 5.41) is 2.74. The Balaban J connectivity index is 1.65. The van der Waals surface area contributed by atoms with E-state index in [4.69, 9.17) is 4.74 Å². The zero-order valence-corrected chi connectivity index (χ0v) is 18.0. The molecule has 1 aromatic heterocycles. The third-order valence-corrected chi connectivity index (χ3v) is 6.06. The maximum Gasteiger partial charge on any atom is 0.338 e. The first-order valence-corrected chi connectivity index (χ1v) is 10.7. The third-order valence-electron chi connectivity index (χ3n) is 4.99. The van der Waals surface area contributed by atoms with E-state index in [9.17, 15) is 14.4 Å². The Bertz CT molecular complexity index is 962. The second-order valence-electron chi connectivity index (χ2n) is 7.67. The molecular weight excluding hydrogens is 388 g/mol. The summed E-state index contributed by atoms with van der Waals surface area (Å²) in [5.41, 5.74) is 3.43. The number of carbonyl (C=O) groups excluding carboxylic acids is 3. The smallest absolute Gasteiger partial charge is 0.338 e. The third kappa shape index (κ3) is 4.90. The Kier molecular flexibility index (Phi) is 6.47. The molecule has 0 saturated carbocycles. The molecule has 2 heterocycles. The van der Waals surface area contributed by atoms with Crippen LogP contribution in [0.3, 0.4) is 0 Å². The molecule has 0 aliphatic carbocycles. The summed E-state index contributed by atoms with van der Waals surface area (Å²) < 4.78 is 7.39. The van der Waals surface area contributed by atoms with E-state index in [0.717, 1.165) is 29.2 Å². The minimum atomic E-state index is -0.584. The van der Waals surface area contributed by atoms with E-state index in [0.29, 0.717) is 28.5 Å². The van der Waals surface area contributed by atoms with Gasteiger partial charge < -0.3 is 14.6 Å². The van der Waals surface area contributed by atoms with Gasteiger partial charge in [0.2, 0.25) is 11.7 Å². The Morgan fingerprint density at radius 3 is 2.72 bits per heavy atom. The number of nitrogens with one attached hydrogen (secondary N) is 1. The second-order valence-corrected chi connectivity index (χ2v) is 8.68. The number of aryl methyl sites for hydroxylation is 1. The fourth-order valence-electron chi connectivity index (χ4n) is 3.32. The van der Waals surface area contributed by atoms with Gasteiger partial charge in [0.15, 0.2) is 6.61 Å². The lowest BCUT2D eigenvalue weighted by Crippen LogP contribution is -2.19. The minimum Gasteiger partial charge on any atom is -0.454 e. The molecule has 0 bridgehead atoms. The normalized spacial score (nSPS) is 13.2. The summed E-state index contributed by atoms with van der Waals surface area (Å²) in [6.45, 7) is 8.80. The molecule has 1 aliphatic rings. The number of esters is 1. The number of Topliss-reactive ketones (excluding diaryl/α,β-unsaturated/α-hetero) is 1. The van der Waals surface area contributed by atoms with Crippen LogP contribution in [-0.4, -0.2) is 34.6 Å². The number of fused-ring (bicyclic) bond motifs is 1. The molecule has 0 saturated heterocycles. The molecular formula is C22H26N2O4S. The first-order valence-electron chi connectivity index (χ1n) is 9.70. The van der Waals surface area contributed by atoms with Gasteiger partial charge in [0.25, 0.3) is 0 Å². The SMILES string of the molecule is Cc1cc(C(=O)COC(=O)c2ccc3c(c2)NC(=O)CS3)c(C)n1CCC(C)C. The fraction of sp³-hybridized carbons (Fsp3) is 0.409. The first-order chi connectivity index (χ1) is 13.8. The number of hydrogen-bond acceptors (Lipinski definition) is 5. The lowest BCUT2D eigenvalue weighted by molar-refractivity contribution is -0.113. The van der Waals surface area contributed by atoms with Crippen molar-refractivity contribution in [1.82, 2.24) is 4.57 Å². The highest BCUT2D eigenvalue weighted by Gasteiger charge is 2.20. The highest BCUT2D eigenvalue weighted by Crippen LogP contribution is 2.32. The fourth-order valence-corrected chi connectivity index (χ4v) is 4.11. The molecule has 0 unspecified atom stereocenters. The summed E-state index contributed by atoms with van der Waals surface area (Å²) in [4.78, 5) is 37.5. The number of hydrogen-bond donors (Lipinski definition) is 1. The predicted octanol–water partition coefficient (Wildman–Crippen LogP) is 4.23. The van der Waals surface area contributed by atoms with E-state index in [1.807, 2.05) is 19.9 Å². The summed E-state index contributed by atoms with van der Waals surface area (Å²) in [7, 11) is 0. The monoisotopic (exact) mass is 414 g/mol. The second kappa shape index (κ2) is 8.86. The van der Waals surface area contributed by atoms with Gasteiger partial charge in [0, 0.05) is 28.4 Å². The van der Waals surface area contributed by atoms with E-state index in [2.05, 4.69) is 23.7 Å². The molecule has 0 radical (unpaired) electrons. The molecule has 154 valence electrons. The van der Waals surface area contributed by atoms with Crippen LogP contribution in [-0.2, 0) is 16.1 Å². The minimum absolute atomic E-state index is 0.101. The van der Waals surface area contributed by atoms with Gasteiger partial charge in [-0.25, -0.2) is 4.79 Å². The van der Waals surface area contributed by atoms with E-state index in [1.165, 1.54) is 11.8 Å². The lowest BCUT2D eigenvalue weighted by atomic mass is 10.1. The Morgan fingerprint density at radius 1 is 1.24 bits per heavy atom. The number of ether oxygens (including phenoxy) is 1. The van der Waals surface area contributed by atoms with Gasteiger partial charge >= 0.3 is 5.97 Å². The van der Waals surface area contributed by atoms with Crippen LogP contribution in [0.15, 0.2) is 29.2 Å². The van der Waals surface area contributed by atoms with Crippen molar-refractivity contribution in [3.63, 3.8) is 0 Å². The molecule has 2 aromatic rings. The van der Waals surface area contributed by atoms with Gasteiger partial charge in [-0.3, -0.25) is 9.59 Å². The summed E-state index contributed by atoms with van der Waals surface area (Å²) in [6.07, 6.45) is 1.03. The number of anilines is 1. The van der Waals surface area contributed by atoms with Crippen LogP contribution in [0.2, 0.25) is 0 Å². The van der Waals surface area contributed by atoms with Crippen molar-refractivity contribution in [2.45, 2.75) is 45.6 Å². The van der Waals surface area contributed by atoms with Gasteiger partial charge in [-0.1, -0.05) is 13.8 Å². The van der Waals surface area contributed by atoms with Gasteiger partial charge in [-0.2, -0.15) is 0 Å². The lowest BCUT2D eigenvalue weighted by Gasteiger charge is -2.16. The average Bonchev–Trinajstić information content (AvgIpc) is 2.97. The molecule has 0 atom stereocenters. The molecule has 0 spiro atoms. The molecule has 1 aliphatic heterocycles. The predicted molar refractivity (Wildman–Crippen MR) is 114 cm³/mol. The van der Waals surface area contributed by atoms with Gasteiger partial charge in [0.05, 0.1) is 17.0 Å². The van der Waals surface area contributed by atoms with Crippen LogP contribution in [0.5, 0.6) is 0 Å². The number of rotatable bonds is 7. The summed E-state index contributed by atoms with van der Waals surface area (Å²) in [5.74, 6) is 0.0386. The van der Waals surface area contributed by atoms with Crippen molar-refractivity contribution in [2.75, 3.05) is 17.7 Å². The quantitative estimate of drug-likeness (QED) is 0.542. The highest BCUT2D eigenvalue weighted by molar-refractivity contribution is 8.00. The van der Waals surface area contributed by atoms with E-state index in [1.54, 1.807) is 18.2 Å². The topological polar surface area (TPSA) is 77.4 Å². The van der Waals surface area contributed by atoms with Crippen LogP contribution in [0.4, 0.5) is 5.69 Å². The molecule has 1 N–H and O–H groups in total. The van der Waals surface area contributed by atoms with Gasteiger partial charge in [-0.15, -0.1) is 11.8 Å². The van der Waals surface area contributed by atoms with Crippen molar-refractivity contribution in [3.8, 4) is 0 Å². The van der Waals surface area contributed by atoms with Crippen molar-refractivity contribution in [2.24, 2.45) is 5.92 Å². The van der Waals surface area contributed by atoms with Crippen LogP contribution < -0.4 is 5.32 Å². The Morgan fingerprint density at radius 2 is 2.00 bits per heavy atom. The van der Waals surface area contributed by atoms with Gasteiger partial charge in [-0.05, 0) is 50.5 Å². The van der Waals surface area contributed by atoms with Crippen LogP contribution in [0, 0.1) is 19.8 Å². The Labute approximate surface area is 175 Å². The molecule has 29 heavy (non-hydrogen) atoms. The van der Waals surface area contributed by atoms with Crippen LogP contribution >= 0.6 is 11.8 Å². The van der Waals surface area contributed by atoms with E-state index < -0.39 is 5.97 Å². The molecule has 0 fully saturated rings. The number of ketones is 1. The van der Waals surface area contributed by atoms with Gasteiger partial charge in [0.1, 0.15) is 0 Å². The molecule has 6 nitrogen and oxygen atoms in total. The zero-order valence-electron chi connectivity index (χ0n) is 17.2. The van der Waals surface area contributed by atoms with Crippen molar-refractivity contribution >= 4 is 35.1 Å². The maximum atomic E-state index is 12.6. The van der Waals surface area contributed by atoms with Crippen LogP contribution in [0.1, 0.15) is 52.4 Å². The summed E-state index contributed by atoms with van der Waals surface area (Å²) >= 11 is 1.42. The number of thioether (sulfide) groups is 1. The maximum absolute atomic E-state index is 12.6. The standard InChI is InChI=1S/C22H26N2O4S/c1-13(2)7-8-24-14(3)9-17(15(24)4)19(25)11-28-22(27)16-5-6-20-18(10-16)23-21(26)12-29-20/h5-6,9-10,13H,7-8,11-12H2,1-4H3,(H,23,26). The number of benzene rings is 1. The number of amides is 1. The van der Waals surface area contributed by atoms with Crippen molar-refractivity contribution in [3.05, 3.63) is 46.8 Å². The summed E-state index contributed by atoms with van der Waals surface area (Å²) in [6, 6.07) is 6.87. The number of aromatic nitrogens is 1. The highest BCUT2D eigenvalue weighted by atomic mass is 32.2. The largest absolute Gasteiger partial charge is 0.454 e. The van der Waals surface area contributed by atoms with E-state index in [-0.39, 0.29) is 18.3 Å². The number of nitrogens with zero attached hydrogens (tertiary/aromatic N) is 1. The Hall–Kier alpha value is -2.54. The van der Waals surface area contributed by atoms with E-state index >= 15 is 0 Å². The van der Waals surface area contributed by atoms with Crippen molar-refractivity contribution in [1.29, 1.82) is 0 Å². The zero-order chi connectivity index (χ0) is 21.1.